The maximum Gasteiger partial charge on any atom is 0.0583 e. The van der Waals surface area contributed by atoms with Crippen LogP contribution in [0.4, 0.5) is 11.4 Å². The Bertz CT molecular complexity index is 662. The van der Waals surface area contributed by atoms with Gasteiger partial charge in [-0.15, -0.1) is 0 Å². The molecule has 1 aliphatic rings. The number of rotatable bonds is 1. The van der Waals surface area contributed by atoms with Gasteiger partial charge in [0.1, 0.15) is 0 Å². The summed E-state index contributed by atoms with van der Waals surface area (Å²) in [5.74, 6) is 0. The monoisotopic (exact) mass is 263 g/mol. The molecule has 3 rings (SSSR count). The molecule has 0 aliphatic carbocycles. The van der Waals surface area contributed by atoms with Crippen molar-refractivity contribution in [3.63, 3.8) is 0 Å². The highest BCUT2D eigenvalue weighted by atomic mass is 15.2. The van der Waals surface area contributed by atoms with Crippen LogP contribution in [0.5, 0.6) is 0 Å². The number of fused-ring (bicyclic) bond motifs is 1. The van der Waals surface area contributed by atoms with Gasteiger partial charge < -0.3 is 4.90 Å². The summed E-state index contributed by atoms with van der Waals surface area (Å²) in [6.07, 6.45) is 2.36. The van der Waals surface area contributed by atoms with E-state index in [-0.39, 0.29) is 5.54 Å². The van der Waals surface area contributed by atoms with Crippen LogP contribution in [0, 0.1) is 6.92 Å². The molecule has 2 aromatic carbocycles. The van der Waals surface area contributed by atoms with Gasteiger partial charge >= 0.3 is 0 Å². The van der Waals surface area contributed by atoms with E-state index in [0.29, 0.717) is 0 Å². The first kappa shape index (κ1) is 13.0. The van der Waals surface area contributed by atoms with Crippen LogP contribution in [0.3, 0.4) is 0 Å². The summed E-state index contributed by atoms with van der Waals surface area (Å²) in [5.41, 5.74) is 6.50. The van der Waals surface area contributed by atoms with Gasteiger partial charge in [-0.3, -0.25) is 0 Å². The lowest BCUT2D eigenvalue weighted by Crippen LogP contribution is -2.41. The van der Waals surface area contributed by atoms with Crippen LogP contribution in [0.2, 0.25) is 0 Å². The average Bonchev–Trinajstić information content (AvgIpc) is 2.40. The molecule has 2 aromatic rings. The molecular weight excluding hydrogens is 242 g/mol. The second kappa shape index (κ2) is 4.52. The molecule has 0 fully saturated rings. The third kappa shape index (κ3) is 2.03. The first-order chi connectivity index (χ1) is 9.49. The molecule has 1 heteroatoms. The van der Waals surface area contributed by atoms with Crippen molar-refractivity contribution in [3.05, 3.63) is 65.7 Å². The Labute approximate surface area is 121 Å². The molecule has 0 radical (unpaired) electrons. The van der Waals surface area contributed by atoms with Crippen LogP contribution >= 0.6 is 0 Å². The number of allylic oxidation sites excluding steroid dienone is 1. The smallest absolute Gasteiger partial charge is 0.0583 e. The molecule has 0 bridgehead atoms. The molecule has 0 N–H and O–H groups in total. The summed E-state index contributed by atoms with van der Waals surface area (Å²) in [7, 11) is 0. The fourth-order valence-electron chi connectivity index (χ4n) is 3.15. The molecule has 0 unspecified atom stereocenters. The topological polar surface area (TPSA) is 3.24 Å². The zero-order valence-corrected chi connectivity index (χ0v) is 12.6. The van der Waals surface area contributed by atoms with Crippen LogP contribution in [0.25, 0.3) is 5.57 Å². The molecular formula is C19H21N. The zero-order valence-electron chi connectivity index (χ0n) is 12.6. The van der Waals surface area contributed by atoms with E-state index in [9.17, 15) is 0 Å². The molecule has 0 saturated carbocycles. The summed E-state index contributed by atoms with van der Waals surface area (Å²) in [6, 6.07) is 17.4. The Morgan fingerprint density at radius 2 is 1.50 bits per heavy atom. The van der Waals surface area contributed by atoms with Crippen molar-refractivity contribution in [1.82, 2.24) is 0 Å². The third-order valence-electron chi connectivity index (χ3n) is 4.01. The first-order valence-electron chi connectivity index (χ1n) is 7.15. The Morgan fingerprint density at radius 3 is 2.20 bits per heavy atom. The lowest BCUT2D eigenvalue weighted by Gasteiger charge is -2.43. The Balaban J connectivity index is 2.20. The van der Waals surface area contributed by atoms with E-state index in [4.69, 9.17) is 0 Å². The van der Waals surface area contributed by atoms with Gasteiger partial charge in [0.2, 0.25) is 0 Å². The van der Waals surface area contributed by atoms with Crippen LogP contribution in [0.1, 0.15) is 31.9 Å². The molecule has 1 heterocycles. The predicted molar refractivity (Wildman–Crippen MR) is 87.5 cm³/mol. The molecule has 0 aromatic heterocycles. The zero-order chi connectivity index (χ0) is 14.3. The van der Waals surface area contributed by atoms with Crippen molar-refractivity contribution in [2.75, 3.05) is 4.90 Å². The fraction of sp³-hybridized carbons (Fsp3) is 0.263. The van der Waals surface area contributed by atoms with Gasteiger partial charge in [-0.2, -0.15) is 0 Å². The largest absolute Gasteiger partial charge is 0.332 e. The van der Waals surface area contributed by atoms with Gasteiger partial charge in [0.25, 0.3) is 0 Å². The highest BCUT2D eigenvalue weighted by Crippen LogP contribution is 2.43. The minimum absolute atomic E-state index is 0.0201. The molecule has 102 valence electrons. The Hall–Kier alpha value is -2.02. The second-order valence-electron chi connectivity index (χ2n) is 6.17. The summed E-state index contributed by atoms with van der Waals surface area (Å²) in [5, 5.41) is 0. The van der Waals surface area contributed by atoms with Gasteiger partial charge in [-0.1, -0.05) is 42.0 Å². The summed E-state index contributed by atoms with van der Waals surface area (Å²) >= 11 is 0. The summed E-state index contributed by atoms with van der Waals surface area (Å²) in [4.78, 5) is 2.43. The van der Waals surface area contributed by atoms with Crippen molar-refractivity contribution in [1.29, 1.82) is 0 Å². The van der Waals surface area contributed by atoms with E-state index in [0.717, 1.165) is 0 Å². The van der Waals surface area contributed by atoms with Crippen LogP contribution in [-0.4, -0.2) is 5.54 Å². The minimum atomic E-state index is -0.0201. The van der Waals surface area contributed by atoms with Gasteiger partial charge in [0, 0.05) is 16.9 Å². The van der Waals surface area contributed by atoms with Crippen LogP contribution in [0.15, 0.2) is 54.6 Å². The number of aryl methyl sites for hydroxylation is 1. The van der Waals surface area contributed by atoms with Crippen molar-refractivity contribution >= 4 is 16.9 Å². The molecule has 0 spiro atoms. The molecule has 1 aliphatic heterocycles. The Kier molecular flexibility index (Phi) is 2.93. The molecule has 0 atom stereocenters. The van der Waals surface area contributed by atoms with E-state index in [1.165, 1.54) is 28.1 Å². The highest BCUT2D eigenvalue weighted by Gasteiger charge is 2.31. The first-order valence-corrected chi connectivity index (χ1v) is 7.15. The Morgan fingerprint density at radius 1 is 0.850 bits per heavy atom. The number of anilines is 2. The van der Waals surface area contributed by atoms with E-state index in [1.54, 1.807) is 0 Å². The predicted octanol–water partition coefficient (Wildman–Crippen LogP) is 5.33. The van der Waals surface area contributed by atoms with E-state index in [1.807, 2.05) is 0 Å². The maximum atomic E-state index is 2.43. The lowest BCUT2D eigenvalue weighted by atomic mass is 9.88. The maximum absolute atomic E-state index is 2.43. The van der Waals surface area contributed by atoms with E-state index < -0.39 is 0 Å². The lowest BCUT2D eigenvalue weighted by molar-refractivity contribution is 0.622. The fourth-order valence-corrected chi connectivity index (χ4v) is 3.15. The normalized spacial score (nSPS) is 16.6. The van der Waals surface area contributed by atoms with Crippen molar-refractivity contribution < 1.29 is 0 Å². The minimum Gasteiger partial charge on any atom is -0.332 e. The van der Waals surface area contributed by atoms with Crippen LogP contribution in [-0.2, 0) is 0 Å². The summed E-state index contributed by atoms with van der Waals surface area (Å²) in [6.45, 7) is 8.87. The highest BCUT2D eigenvalue weighted by molar-refractivity contribution is 5.85. The van der Waals surface area contributed by atoms with E-state index in [2.05, 4.69) is 87.2 Å². The van der Waals surface area contributed by atoms with Gasteiger partial charge in [-0.25, -0.2) is 0 Å². The number of para-hydroxylation sites is 1. The van der Waals surface area contributed by atoms with E-state index >= 15 is 0 Å². The van der Waals surface area contributed by atoms with Gasteiger partial charge in [-0.05, 0) is 51.5 Å². The molecule has 1 nitrogen and oxygen atoms in total. The molecule has 0 amide bonds. The molecule has 20 heavy (non-hydrogen) atoms. The van der Waals surface area contributed by atoms with Gasteiger partial charge in [0.15, 0.2) is 0 Å². The van der Waals surface area contributed by atoms with Gasteiger partial charge in [0.05, 0.1) is 5.54 Å². The van der Waals surface area contributed by atoms with Crippen molar-refractivity contribution in [2.45, 2.75) is 33.2 Å². The van der Waals surface area contributed by atoms with Crippen molar-refractivity contribution in [3.8, 4) is 0 Å². The number of hydrogen-bond acceptors (Lipinski definition) is 1. The molecule has 0 saturated heterocycles. The standard InChI is InChI=1S/C19H21N/c1-14-9-11-16(12-10-14)20-18-8-6-5-7-17(18)15(2)13-19(20,3)4/h5-13H,1-4H3. The second-order valence-corrected chi connectivity index (χ2v) is 6.17. The van der Waals surface area contributed by atoms with Crippen molar-refractivity contribution in [2.24, 2.45) is 0 Å². The number of benzene rings is 2. The number of nitrogens with zero attached hydrogens (tertiary/aromatic N) is 1. The third-order valence-corrected chi connectivity index (χ3v) is 4.01. The average molecular weight is 263 g/mol. The number of hydrogen-bond donors (Lipinski definition) is 0. The van der Waals surface area contributed by atoms with Crippen LogP contribution < -0.4 is 4.90 Å². The SMILES string of the molecule is CC1=CC(C)(C)N(c2ccc(C)cc2)c2ccccc21. The quantitative estimate of drug-likeness (QED) is 0.672. The summed E-state index contributed by atoms with van der Waals surface area (Å²) < 4.78 is 0.